The molecule has 0 saturated carbocycles. The van der Waals surface area contributed by atoms with Gasteiger partial charge in [0, 0.05) is 12.1 Å². The Hall–Kier alpha value is -1.46. The molecular formula is C13H17NO. The van der Waals surface area contributed by atoms with Crippen molar-refractivity contribution >= 4 is 0 Å². The zero-order chi connectivity index (χ0) is 11.3. The highest BCUT2D eigenvalue weighted by Gasteiger charge is 2.04. The summed E-state index contributed by atoms with van der Waals surface area (Å²) in [6.07, 6.45) is 6.23. The van der Waals surface area contributed by atoms with E-state index >= 15 is 0 Å². The van der Waals surface area contributed by atoms with Gasteiger partial charge in [0.15, 0.2) is 0 Å². The van der Waals surface area contributed by atoms with Crippen LogP contribution in [-0.2, 0) is 6.54 Å². The summed E-state index contributed by atoms with van der Waals surface area (Å²) in [5.74, 6) is 2.98. The monoisotopic (exact) mass is 203 g/mol. The van der Waals surface area contributed by atoms with E-state index in [1.807, 2.05) is 26.0 Å². The Morgan fingerprint density at radius 1 is 1.53 bits per heavy atom. The topological polar surface area (TPSA) is 32.3 Å². The maximum absolute atomic E-state index is 9.60. The van der Waals surface area contributed by atoms with Crippen LogP contribution in [0.4, 0.5) is 0 Å². The van der Waals surface area contributed by atoms with Crippen LogP contribution < -0.4 is 5.32 Å². The number of benzene rings is 1. The van der Waals surface area contributed by atoms with Gasteiger partial charge in [-0.15, -0.1) is 6.42 Å². The van der Waals surface area contributed by atoms with Crippen LogP contribution in [0.3, 0.4) is 0 Å². The maximum Gasteiger partial charge on any atom is 0.120 e. The van der Waals surface area contributed by atoms with E-state index in [1.54, 1.807) is 6.07 Å². The minimum absolute atomic E-state index is 0.0740. The Morgan fingerprint density at radius 3 is 2.87 bits per heavy atom. The van der Waals surface area contributed by atoms with Crippen LogP contribution in [0.25, 0.3) is 0 Å². The highest BCUT2D eigenvalue weighted by molar-refractivity contribution is 5.35. The van der Waals surface area contributed by atoms with Crippen LogP contribution in [0.15, 0.2) is 18.2 Å². The average molecular weight is 203 g/mol. The van der Waals surface area contributed by atoms with Crippen LogP contribution in [0.2, 0.25) is 0 Å². The Bertz CT molecular complexity index is 365. The molecule has 0 bridgehead atoms. The molecule has 0 aliphatic carbocycles. The second-order valence-electron chi connectivity index (χ2n) is 3.64. The first-order chi connectivity index (χ1) is 7.17. The van der Waals surface area contributed by atoms with E-state index in [2.05, 4.69) is 11.2 Å². The van der Waals surface area contributed by atoms with Crippen molar-refractivity contribution in [3.8, 4) is 18.1 Å². The van der Waals surface area contributed by atoms with Crippen LogP contribution in [-0.4, -0.2) is 11.1 Å². The zero-order valence-corrected chi connectivity index (χ0v) is 9.25. The third kappa shape index (κ3) is 3.30. The predicted molar refractivity (Wildman–Crippen MR) is 62.6 cm³/mol. The number of hydrogen-bond donors (Lipinski definition) is 2. The number of terminal acetylenes is 1. The summed E-state index contributed by atoms with van der Waals surface area (Å²) in [4.78, 5) is 0. The quantitative estimate of drug-likeness (QED) is 0.735. The number of nitrogens with one attached hydrogen (secondary N) is 1. The molecule has 2 heteroatoms. The van der Waals surface area contributed by atoms with Crippen LogP contribution in [0.1, 0.15) is 24.5 Å². The number of phenols is 1. The van der Waals surface area contributed by atoms with Crippen molar-refractivity contribution in [2.45, 2.75) is 32.9 Å². The summed E-state index contributed by atoms with van der Waals surface area (Å²) in [5.41, 5.74) is 2.03. The number of aromatic hydroxyl groups is 1. The lowest BCUT2D eigenvalue weighted by Crippen LogP contribution is -2.26. The first kappa shape index (κ1) is 11.6. The van der Waals surface area contributed by atoms with Gasteiger partial charge in [-0.1, -0.05) is 30.5 Å². The Labute approximate surface area is 91.3 Å². The molecule has 1 aromatic rings. The van der Waals surface area contributed by atoms with Gasteiger partial charge in [-0.25, -0.2) is 0 Å². The van der Waals surface area contributed by atoms with Gasteiger partial charge in [-0.2, -0.15) is 0 Å². The van der Waals surface area contributed by atoms with E-state index in [0.29, 0.717) is 12.3 Å². The molecule has 80 valence electrons. The summed E-state index contributed by atoms with van der Waals surface area (Å²) >= 11 is 0. The molecule has 0 saturated heterocycles. The Morgan fingerprint density at radius 2 is 2.27 bits per heavy atom. The predicted octanol–water partition coefficient (Wildman–Crippen LogP) is 2.20. The molecule has 1 atom stereocenters. The van der Waals surface area contributed by atoms with Crippen molar-refractivity contribution in [2.24, 2.45) is 0 Å². The molecule has 2 N–H and O–H groups in total. The summed E-state index contributed by atoms with van der Waals surface area (Å²) in [7, 11) is 0. The fourth-order valence-corrected chi connectivity index (χ4v) is 1.41. The lowest BCUT2D eigenvalue weighted by atomic mass is 10.1. The average Bonchev–Trinajstić information content (AvgIpc) is 2.24. The summed E-state index contributed by atoms with van der Waals surface area (Å²) in [6.45, 7) is 4.64. The SMILES string of the molecule is C#CC(CC)NCc1cc(C)ccc1O. The van der Waals surface area contributed by atoms with Gasteiger partial charge in [-0.3, -0.25) is 5.32 Å². The van der Waals surface area contributed by atoms with Crippen LogP contribution in [0, 0.1) is 19.3 Å². The molecule has 0 aliphatic rings. The molecule has 0 heterocycles. The molecule has 1 aromatic carbocycles. The van der Waals surface area contributed by atoms with E-state index in [1.165, 1.54) is 0 Å². The second kappa shape index (κ2) is 5.43. The molecule has 15 heavy (non-hydrogen) atoms. The minimum Gasteiger partial charge on any atom is -0.508 e. The summed E-state index contributed by atoms with van der Waals surface area (Å²) < 4.78 is 0. The highest BCUT2D eigenvalue weighted by Crippen LogP contribution is 2.17. The van der Waals surface area contributed by atoms with Crippen molar-refractivity contribution < 1.29 is 5.11 Å². The summed E-state index contributed by atoms with van der Waals surface area (Å²) in [5, 5.41) is 12.8. The van der Waals surface area contributed by atoms with Gasteiger partial charge in [0.2, 0.25) is 0 Å². The molecule has 0 aromatic heterocycles. The maximum atomic E-state index is 9.60. The lowest BCUT2D eigenvalue weighted by molar-refractivity contribution is 0.461. The molecule has 2 nitrogen and oxygen atoms in total. The van der Waals surface area contributed by atoms with E-state index < -0.39 is 0 Å². The first-order valence-corrected chi connectivity index (χ1v) is 5.15. The molecular weight excluding hydrogens is 186 g/mol. The molecule has 0 amide bonds. The number of phenolic OH excluding ortho intramolecular Hbond substituents is 1. The fraction of sp³-hybridized carbons (Fsp3) is 0.385. The van der Waals surface area contributed by atoms with Crippen molar-refractivity contribution in [1.82, 2.24) is 5.32 Å². The van der Waals surface area contributed by atoms with Gasteiger partial charge in [0.05, 0.1) is 6.04 Å². The molecule has 1 rings (SSSR count). The van der Waals surface area contributed by atoms with Crippen LogP contribution in [0.5, 0.6) is 5.75 Å². The van der Waals surface area contributed by atoms with Gasteiger partial charge in [0.25, 0.3) is 0 Å². The molecule has 0 aliphatic heterocycles. The first-order valence-electron chi connectivity index (χ1n) is 5.15. The van der Waals surface area contributed by atoms with Gasteiger partial charge in [-0.05, 0) is 19.4 Å². The smallest absolute Gasteiger partial charge is 0.120 e. The van der Waals surface area contributed by atoms with Crippen molar-refractivity contribution in [3.05, 3.63) is 29.3 Å². The second-order valence-corrected chi connectivity index (χ2v) is 3.64. The fourth-order valence-electron chi connectivity index (χ4n) is 1.41. The molecule has 0 spiro atoms. The minimum atomic E-state index is 0.0740. The normalized spacial score (nSPS) is 12.1. The third-order valence-electron chi connectivity index (χ3n) is 2.38. The molecule has 1 unspecified atom stereocenters. The highest BCUT2D eigenvalue weighted by atomic mass is 16.3. The van der Waals surface area contributed by atoms with Crippen molar-refractivity contribution in [1.29, 1.82) is 0 Å². The third-order valence-corrected chi connectivity index (χ3v) is 2.38. The standard InChI is InChI=1S/C13H17NO/c1-4-12(5-2)14-9-11-8-10(3)6-7-13(11)15/h1,6-8,12,14-15H,5,9H2,2-3H3. The van der Waals surface area contributed by atoms with E-state index in [4.69, 9.17) is 6.42 Å². The van der Waals surface area contributed by atoms with Gasteiger partial charge < -0.3 is 5.11 Å². The Kier molecular flexibility index (Phi) is 4.20. The van der Waals surface area contributed by atoms with E-state index in [-0.39, 0.29) is 6.04 Å². The van der Waals surface area contributed by atoms with Crippen LogP contribution >= 0.6 is 0 Å². The Balaban J connectivity index is 2.65. The van der Waals surface area contributed by atoms with E-state index in [9.17, 15) is 5.11 Å². The largest absolute Gasteiger partial charge is 0.508 e. The van der Waals surface area contributed by atoms with E-state index in [0.717, 1.165) is 17.5 Å². The number of aryl methyl sites for hydroxylation is 1. The van der Waals surface area contributed by atoms with Gasteiger partial charge in [0.1, 0.15) is 5.75 Å². The number of rotatable bonds is 4. The molecule has 0 fully saturated rings. The lowest BCUT2D eigenvalue weighted by Gasteiger charge is -2.11. The van der Waals surface area contributed by atoms with Crippen molar-refractivity contribution in [2.75, 3.05) is 0 Å². The summed E-state index contributed by atoms with van der Waals surface area (Å²) in [6, 6.07) is 5.64. The van der Waals surface area contributed by atoms with Crippen molar-refractivity contribution in [3.63, 3.8) is 0 Å². The number of hydrogen-bond acceptors (Lipinski definition) is 2. The molecule has 0 radical (unpaired) electrons. The zero-order valence-electron chi connectivity index (χ0n) is 9.25. The van der Waals surface area contributed by atoms with Gasteiger partial charge >= 0.3 is 0 Å².